The van der Waals surface area contributed by atoms with Gasteiger partial charge in [-0.05, 0) is 17.6 Å². The molecule has 0 bridgehead atoms. The van der Waals surface area contributed by atoms with Crippen LogP contribution in [0.4, 0.5) is 0 Å². The summed E-state index contributed by atoms with van der Waals surface area (Å²) in [5.41, 5.74) is 1.92. The Morgan fingerprint density at radius 2 is 1.94 bits per heavy atom. The van der Waals surface area contributed by atoms with Gasteiger partial charge in [0.05, 0.1) is 5.56 Å². The van der Waals surface area contributed by atoms with Crippen LogP contribution >= 0.6 is 0 Å². The smallest absolute Gasteiger partial charge is 0.216 e. The van der Waals surface area contributed by atoms with Gasteiger partial charge >= 0.3 is 0 Å². The maximum absolute atomic E-state index is 9.68. The molecule has 0 fully saturated rings. The van der Waals surface area contributed by atoms with E-state index in [0.29, 0.717) is 22.6 Å². The average Bonchev–Trinajstić information content (AvgIpc) is 2.73. The Morgan fingerprint density at radius 3 is 2.71 bits per heavy atom. The molecule has 17 heavy (non-hydrogen) atoms. The molecule has 0 spiro atoms. The summed E-state index contributed by atoms with van der Waals surface area (Å²) in [4.78, 5) is 4.26. The number of fused-ring (bicyclic) bond motifs is 1. The van der Waals surface area contributed by atoms with Crippen LogP contribution in [-0.2, 0) is 19.5 Å². The summed E-state index contributed by atoms with van der Waals surface area (Å²) in [6.45, 7) is 0. The first-order chi connectivity index (χ1) is 7.84. The molecule has 3 nitrogen and oxygen atoms in total. The third-order valence-corrected chi connectivity index (χ3v) is 2.35. The van der Waals surface area contributed by atoms with Gasteiger partial charge in [0.2, 0.25) is 5.89 Å². The zero-order valence-electron chi connectivity index (χ0n) is 9.05. The zero-order valence-corrected chi connectivity index (χ0v) is 12.0. The Morgan fingerprint density at radius 1 is 1.12 bits per heavy atom. The number of oxazole rings is 1. The molecule has 1 aromatic heterocycles. The van der Waals surface area contributed by atoms with Crippen LogP contribution in [-0.4, -0.2) is 10.1 Å². The number of nitrogens with zero attached hydrogens (tertiary/aromatic N) is 1. The molecule has 0 atom stereocenters. The molecule has 4 heteroatoms. The second-order valence-corrected chi connectivity index (χ2v) is 3.42. The van der Waals surface area contributed by atoms with Crippen molar-refractivity contribution in [3.05, 3.63) is 48.5 Å². The molecule has 0 saturated heterocycles. The summed E-state index contributed by atoms with van der Waals surface area (Å²) in [6, 6.07) is 15.4. The van der Waals surface area contributed by atoms with Gasteiger partial charge in [-0.25, -0.2) is 4.98 Å². The Hall–Kier alpha value is -1.67. The topological polar surface area (TPSA) is 46.3 Å². The summed E-state index contributed by atoms with van der Waals surface area (Å²) in [7, 11) is 0. The fourth-order valence-corrected chi connectivity index (χ4v) is 1.58. The van der Waals surface area contributed by atoms with E-state index in [9.17, 15) is 5.11 Å². The number of para-hydroxylation sites is 2. The monoisotopic (exact) mass is 274 g/mol. The minimum absolute atomic E-state index is 0. The van der Waals surface area contributed by atoms with E-state index in [1.807, 2.05) is 18.2 Å². The molecule has 0 radical (unpaired) electrons. The van der Waals surface area contributed by atoms with Crippen molar-refractivity contribution in [3.63, 3.8) is 0 Å². The van der Waals surface area contributed by atoms with Crippen molar-refractivity contribution in [2.75, 3.05) is 0 Å². The van der Waals surface area contributed by atoms with E-state index in [4.69, 9.17) is 4.42 Å². The number of phenols is 1. The molecular weight excluding hydrogens is 268 g/mol. The predicted octanol–water partition coefficient (Wildman–Crippen LogP) is 3.00. The van der Waals surface area contributed by atoms with Crippen LogP contribution in [0.1, 0.15) is 0 Å². The number of phenolic OH excluding ortho intramolecular Hbond substituents is 1. The molecule has 0 amide bonds. The third-order valence-electron chi connectivity index (χ3n) is 2.35. The molecule has 1 heterocycles. The summed E-state index contributed by atoms with van der Waals surface area (Å²) in [6.07, 6.45) is 0. The second-order valence-electron chi connectivity index (χ2n) is 3.42. The van der Waals surface area contributed by atoms with Gasteiger partial charge in [0.25, 0.3) is 0 Å². The van der Waals surface area contributed by atoms with Gasteiger partial charge in [-0.2, -0.15) is 18.2 Å². The Balaban J connectivity index is 0.00000108. The Bertz CT molecular complexity index is 615. The summed E-state index contributed by atoms with van der Waals surface area (Å²) < 4.78 is 5.53. The number of hydrogen-bond acceptors (Lipinski definition) is 3. The van der Waals surface area contributed by atoms with Crippen molar-refractivity contribution in [2.45, 2.75) is 0 Å². The van der Waals surface area contributed by atoms with Crippen LogP contribution in [0.15, 0.2) is 46.9 Å². The molecule has 0 saturated carbocycles. The van der Waals surface area contributed by atoms with Crippen molar-refractivity contribution in [2.24, 2.45) is 0 Å². The number of hydrogen-bond donors (Lipinski definition) is 1. The van der Waals surface area contributed by atoms with Crippen LogP contribution in [0.5, 0.6) is 5.75 Å². The van der Waals surface area contributed by atoms with E-state index in [1.54, 1.807) is 24.3 Å². The van der Waals surface area contributed by atoms with E-state index in [1.165, 1.54) is 0 Å². The van der Waals surface area contributed by atoms with Gasteiger partial charge in [0.1, 0.15) is 5.75 Å². The van der Waals surface area contributed by atoms with Crippen molar-refractivity contribution < 1.29 is 29.0 Å². The van der Waals surface area contributed by atoms with Gasteiger partial charge in [-0.3, -0.25) is 0 Å². The summed E-state index contributed by atoms with van der Waals surface area (Å²) in [5, 5.41) is 9.68. The quantitative estimate of drug-likeness (QED) is 0.548. The van der Waals surface area contributed by atoms with Crippen LogP contribution in [0.3, 0.4) is 0 Å². The van der Waals surface area contributed by atoms with E-state index < -0.39 is 0 Å². The predicted molar refractivity (Wildman–Crippen MR) is 59.9 cm³/mol. The molecule has 0 aliphatic heterocycles. The van der Waals surface area contributed by atoms with Crippen molar-refractivity contribution in [1.82, 2.24) is 4.98 Å². The molecule has 0 aliphatic rings. The van der Waals surface area contributed by atoms with Crippen LogP contribution in [0, 0.1) is 6.07 Å². The molecular formula is C13H8NO2Zn-. The number of aromatic hydroxyl groups is 1. The fourth-order valence-electron chi connectivity index (χ4n) is 1.58. The third kappa shape index (κ3) is 2.09. The van der Waals surface area contributed by atoms with Gasteiger partial charge in [-0.1, -0.05) is 12.1 Å². The van der Waals surface area contributed by atoms with Crippen molar-refractivity contribution in [3.8, 4) is 17.2 Å². The van der Waals surface area contributed by atoms with Gasteiger partial charge in [0.15, 0.2) is 0 Å². The maximum Gasteiger partial charge on any atom is 0.216 e. The normalized spacial score (nSPS) is 10.1. The first kappa shape index (κ1) is 11.8. The van der Waals surface area contributed by atoms with Gasteiger partial charge in [-0.15, -0.1) is 6.07 Å². The van der Waals surface area contributed by atoms with Crippen LogP contribution in [0.2, 0.25) is 0 Å². The molecule has 80 valence electrons. The molecule has 3 rings (SSSR count). The Labute approximate surface area is 111 Å². The van der Waals surface area contributed by atoms with Crippen LogP contribution < -0.4 is 0 Å². The standard InChI is InChI=1S/C13H8NO2.Zn/c15-11-7-3-1-5-9(11)13-14-10-6-2-4-8-12(10)16-13;/h1-5,7-8,15H;/q-1;. The largest absolute Gasteiger partial charge is 0.507 e. The molecule has 2 aromatic carbocycles. The van der Waals surface area contributed by atoms with Crippen LogP contribution in [0.25, 0.3) is 22.6 Å². The van der Waals surface area contributed by atoms with E-state index >= 15 is 0 Å². The SMILES string of the molecule is Oc1ccccc1-c1nc2[c-]cccc2o1.[Zn]. The first-order valence-corrected chi connectivity index (χ1v) is 4.90. The minimum atomic E-state index is 0. The van der Waals surface area contributed by atoms with Crippen molar-refractivity contribution >= 4 is 11.1 Å². The first-order valence-electron chi connectivity index (χ1n) is 4.90. The number of aromatic nitrogens is 1. The number of benzene rings is 2. The number of rotatable bonds is 1. The minimum Gasteiger partial charge on any atom is -0.507 e. The maximum atomic E-state index is 9.68. The van der Waals surface area contributed by atoms with Gasteiger partial charge in [0, 0.05) is 25.1 Å². The van der Waals surface area contributed by atoms with Crippen molar-refractivity contribution in [1.29, 1.82) is 0 Å². The molecule has 0 aliphatic carbocycles. The fraction of sp³-hybridized carbons (Fsp3) is 0. The van der Waals surface area contributed by atoms with Gasteiger partial charge < -0.3 is 9.52 Å². The second kappa shape index (κ2) is 4.68. The molecule has 3 aromatic rings. The van der Waals surface area contributed by atoms with E-state index in [2.05, 4.69) is 11.1 Å². The molecule has 0 unspecified atom stereocenters. The summed E-state index contributed by atoms with van der Waals surface area (Å²) in [5.74, 6) is 0.574. The Kier molecular flexibility index (Phi) is 3.25. The average molecular weight is 276 g/mol. The zero-order chi connectivity index (χ0) is 11.0. The van der Waals surface area contributed by atoms with E-state index in [0.717, 1.165) is 0 Å². The molecule has 1 N–H and O–H groups in total. The van der Waals surface area contributed by atoms with E-state index in [-0.39, 0.29) is 25.2 Å². The summed E-state index contributed by atoms with van der Waals surface area (Å²) >= 11 is 0.